The molecule has 1 amide bonds. The van der Waals surface area contributed by atoms with Gasteiger partial charge in [0.05, 0.1) is 13.2 Å². The average Bonchev–Trinajstić information content (AvgIpc) is 2.28. The number of carbonyl (C=O) groups excluding carboxylic acids is 1. The quantitative estimate of drug-likeness (QED) is 0.680. The molecule has 1 unspecified atom stereocenters. The van der Waals surface area contributed by atoms with Crippen LogP contribution in [-0.2, 0) is 24.2 Å². The number of rotatable bonds is 4. The minimum absolute atomic E-state index is 0.104. The lowest BCUT2D eigenvalue weighted by Crippen LogP contribution is -2.54. The van der Waals surface area contributed by atoms with Gasteiger partial charge in [-0.1, -0.05) is 6.92 Å². The van der Waals surface area contributed by atoms with Crippen molar-refractivity contribution in [3.8, 4) is 0 Å². The smallest absolute Gasteiger partial charge is 0.328 e. The van der Waals surface area contributed by atoms with E-state index in [2.05, 4.69) is 0 Å². The van der Waals surface area contributed by atoms with Crippen molar-refractivity contribution in [3.63, 3.8) is 0 Å². The number of nitrogens with zero attached hydrogens (tertiary/aromatic N) is 1. The first-order chi connectivity index (χ1) is 7.87. The van der Waals surface area contributed by atoms with Crippen LogP contribution < -0.4 is 0 Å². The van der Waals surface area contributed by atoms with Crippen LogP contribution >= 0.6 is 0 Å². The zero-order valence-corrected chi connectivity index (χ0v) is 10.3. The zero-order valence-electron chi connectivity index (χ0n) is 9.46. The summed E-state index contributed by atoms with van der Waals surface area (Å²) >= 11 is 0. The first kappa shape index (κ1) is 13.9. The number of sulfone groups is 1. The maximum absolute atomic E-state index is 11.7. The monoisotopic (exact) mass is 265 g/mol. The Morgan fingerprint density at radius 3 is 2.65 bits per heavy atom. The van der Waals surface area contributed by atoms with Crippen molar-refractivity contribution in [1.82, 2.24) is 4.90 Å². The molecule has 1 saturated heterocycles. The number of amides is 1. The van der Waals surface area contributed by atoms with Gasteiger partial charge >= 0.3 is 5.97 Å². The van der Waals surface area contributed by atoms with E-state index >= 15 is 0 Å². The molecular formula is C9H15NO6S. The maximum Gasteiger partial charge on any atom is 0.328 e. The van der Waals surface area contributed by atoms with Crippen LogP contribution in [0.2, 0.25) is 0 Å². The summed E-state index contributed by atoms with van der Waals surface area (Å²) in [7, 11) is -3.44. The van der Waals surface area contributed by atoms with Crippen molar-refractivity contribution in [2.45, 2.75) is 13.0 Å². The molecule has 1 aliphatic heterocycles. The summed E-state index contributed by atoms with van der Waals surface area (Å²) < 4.78 is 27.6. The number of aliphatic carboxylic acids is 1. The Kier molecular flexibility index (Phi) is 4.47. The molecule has 0 spiro atoms. The second-order valence-corrected chi connectivity index (χ2v) is 6.05. The molecule has 7 nitrogen and oxygen atoms in total. The number of carboxylic acid groups (broad SMARTS) is 1. The number of carbonyl (C=O) groups is 2. The summed E-state index contributed by atoms with van der Waals surface area (Å²) in [5, 5.41) is 8.89. The first-order valence-electron chi connectivity index (χ1n) is 5.18. The van der Waals surface area contributed by atoms with Crippen LogP contribution in [0.4, 0.5) is 0 Å². The lowest BCUT2D eigenvalue weighted by molar-refractivity contribution is -0.157. The van der Waals surface area contributed by atoms with Crippen LogP contribution in [-0.4, -0.2) is 67.6 Å². The van der Waals surface area contributed by atoms with Gasteiger partial charge in [0.15, 0.2) is 15.9 Å². The molecule has 0 aliphatic carbocycles. The number of morpholine rings is 1. The summed E-state index contributed by atoms with van der Waals surface area (Å²) in [4.78, 5) is 23.7. The number of hydrogen-bond acceptors (Lipinski definition) is 5. The second-order valence-electron chi connectivity index (χ2n) is 3.69. The van der Waals surface area contributed by atoms with Gasteiger partial charge in [0.2, 0.25) is 5.91 Å². The summed E-state index contributed by atoms with van der Waals surface area (Å²) in [5.74, 6) is -2.65. The standard InChI is InChI=1S/C9H15NO6S/c1-2-17(14,15)6-8(11)10-3-4-16-5-7(10)9(12)13/h7H,2-6H2,1H3,(H,12,13). The molecule has 98 valence electrons. The van der Waals surface area contributed by atoms with Crippen molar-refractivity contribution in [2.24, 2.45) is 0 Å². The molecule has 0 radical (unpaired) electrons. The van der Waals surface area contributed by atoms with Gasteiger partial charge in [0, 0.05) is 12.3 Å². The van der Waals surface area contributed by atoms with E-state index in [1.807, 2.05) is 0 Å². The topological polar surface area (TPSA) is 101 Å². The first-order valence-corrected chi connectivity index (χ1v) is 7.00. The fourth-order valence-corrected chi connectivity index (χ4v) is 2.23. The SMILES string of the molecule is CCS(=O)(=O)CC(=O)N1CCOCC1C(=O)O. The van der Waals surface area contributed by atoms with E-state index in [0.717, 1.165) is 4.90 Å². The van der Waals surface area contributed by atoms with E-state index in [1.165, 1.54) is 6.92 Å². The number of hydrogen-bond donors (Lipinski definition) is 1. The highest BCUT2D eigenvalue weighted by molar-refractivity contribution is 7.92. The van der Waals surface area contributed by atoms with Crippen molar-refractivity contribution in [2.75, 3.05) is 31.3 Å². The molecule has 0 aromatic carbocycles. The predicted molar refractivity (Wildman–Crippen MR) is 58.3 cm³/mol. The minimum atomic E-state index is -3.44. The van der Waals surface area contributed by atoms with E-state index in [0.29, 0.717) is 0 Å². The third-order valence-corrected chi connectivity index (χ3v) is 4.08. The number of carboxylic acids is 1. The molecule has 1 N–H and O–H groups in total. The predicted octanol–water partition coefficient (Wildman–Crippen LogP) is -1.27. The number of ether oxygens (including phenoxy) is 1. The van der Waals surface area contributed by atoms with Crippen molar-refractivity contribution >= 4 is 21.7 Å². The van der Waals surface area contributed by atoms with Gasteiger partial charge in [0.1, 0.15) is 5.75 Å². The zero-order chi connectivity index (χ0) is 13.1. The van der Waals surface area contributed by atoms with Gasteiger partial charge in [0.25, 0.3) is 0 Å². The normalized spacial score (nSPS) is 21.2. The summed E-state index contributed by atoms with van der Waals surface area (Å²) in [6, 6.07) is -1.09. The molecule has 8 heteroatoms. The third-order valence-electron chi connectivity index (χ3n) is 2.52. The maximum atomic E-state index is 11.7. The Labute approximate surface area is 99.3 Å². The van der Waals surface area contributed by atoms with Gasteiger partial charge in [-0.25, -0.2) is 13.2 Å². The van der Waals surface area contributed by atoms with Gasteiger partial charge in [-0.15, -0.1) is 0 Å². The molecule has 0 aromatic heterocycles. The average molecular weight is 265 g/mol. The van der Waals surface area contributed by atoms with Crippen LogP contribution in [0.25, 0.3) is 0 Å². The van der Waals surface area contributed by atoms with Crippen LogP contribution in [0.3, 0.4) is 0 Å². The van der Waals surface area contributed by atoms with E-state index in [1.54, 1.807) is 0 Å². The molecule has 17 heavy (non-hydrogen) atoms. The van der Waals surface area contributed by atoms with Crippen LogP contribution in [0.5, 0.6) is 0 Å². The van der Waals surface area contributed by atoms with Gasteiger partial charge in [-0.2, -0.15) is 0 Å². The highest BCUT2D eigenvalue weighted by atomic mass is 32.2. The van der Waals surface area contributed by atoms with E-state index in [4.69, 9.17) is 9.84 Å². The molecule has 1 heterocycles. The van der Waals surface area contributed by atoms with Crippen LogP contribution in [0, 0.1) is 0 Å². The van der Waals surface area contributed by atoms with Crippen molar-refractivity contribution in [1.29, 1.82) is 0 Å². The van der Waals surface area contributed by atoms with Crippen LogP contribution in [0.15, 0.2) is 0 Å². The van der Waals surface area contributed by atoms with Crippen molar-refractivity contribution in [3.05, 3.63) is 0 Å². The highest BCUT2D eigenvalue weighted by Gasteiger charge is 2.34. The summed E-state index contributed by atoms with van der Waals surface area (Å²) in [5.41, 5.74) is 0. The highest BCUT2D eigenvalue weighted by Crippen LogP contribution is 2.09. The third kappa shape index (κ3) is 3.67. The molecular weight excluding hydrogens is 250 g/mol. The molecule has 1 atom stereocenters. The van der Waals surface area contributed by atoms with E-state index < -0.39 is 33.5 Å². The molecule has 1 rings (SSSR count). The van der Waals surface area contributed by atoms with Gasteiger partial charge in [-0.05, 0) is 0 Å². The molecule has 1 aliphatic rings. The van der Waals surface area contributed by atoms with Crippen LogP contribution in [0.1, 0.15) is 6.92 Å². The Morgan fingerprint density at radius 1 is 1.47 bits per heavy atom. The summed E-state index contributed by atoms with van der Waals surface area (Å²) in [6.07, 6.45) is 0. The van der Waals surface area contributed by atoms with Gasteiger partial charge < -0.3 is 14.7 Å². The lowest BCUT2D eigenvalue weighted by Gasteiger charge is -2.32. The molecule has 0 saturated carbocycles. The molecule has 1 fully saturated rings. The Balaban J connectivity index is 2.75. The Hall–Kier alpha value is -1.15. The fourth-order valence-electron chi connectivity index (χ4n) is 1.48. The Bertz CT molecular complexity index is 404. The molecule has 0 aromatic rings. The minimum Gasteiger partial charge on any atom is -0.480 e. The van der Waals surface area contributed by atoms with Gasteiger partial charge in [-0.3, -0.25) is 4.79 Å². The summed E-state index contributed by atoms with van der Waals surface area (Å²) in [6.45, 7) is 1.67. The second kappa shape index (κ2) is 5.46. The molecule has 0 bridgehead atoms. The largest absolute Gasteiger partial charge is 0.480 e. The van der Waals surface area contributed by atoms with Crippen molar-refractivity contribution < 1.29 is 27.9 Å². The van der Waals surface area contributed by atoms with E-state index in [-0.39, 0.29) is 25.5 Å². The fraction of sp³-hybridized carbons (Fsp3) is 0.778. The lowest BCUT2D eigenvalue weighted by atomic mass is 10.2. The van der Waals surface area contributed by atoms with E-state index in [9.17, 15) is 18.0 Å². The Morgan fingerprint density at radius 2 is 2.12 bits per heavy atom.